The Bertz CT molecular complexity index is 391. The van der Waals surface area contributed by atoms with Crippen LogP contribution in [-0.4, -0.2) is 18.0 Å². The van der Waals surface area contributed by atoms with Crippen LogP contribution in [0.4, 0.5) is 0 Å². The normalized spacial score (nSPS) is 10.8. The van der Waals surface area contributed by atoms with Crippen LogP contribution in [0.15, 0.2) is 24.3 Å². The Labute approximate surface area is 128 Å². The molecule has 1 aromatic rings. The molecule has 3 N–H and O–H groups in total. The predicted octanol–water partition coefficient (Wildman–Crippen LogP) is 2.85. The van der Waals surface area contributed by atoms with Crippen LogP contribution in [0.5, 0.6) is 0 Å². The fourth-order valence-corrected chi connectivity index (χ4v) is 2.18. The van der Waals surface area contributed by atoms with Crippen molar-refractivity contribution in [2.45, 2.75) is 52.0 Å². The zero-order chi connectivity index (χ0) is 14.3. The Kier molecular flexibility index (Phi) is 8.51. The van der Waals surface area contributed by atoms with E-state index in [1.807, 2.05) is 12.1 Å². The minimum absolute atomic E-state index is 0. The molecule has 1 aromatic carbocycles. The number of aryl methyl sites for hydroxylation is 1. The molecule has 0 atom stereocenters. The van der Waals surface area contributed by atoms with Gasteiger partial charge in [0.2, 0.25) is 5.91 Å². The van der Waals surface area contributed by atoms with Crippen LogP contribution in [-0.2, 0) is 17.6 Å². The van der Waals surface area contributed by atoms with Crippen LogP contribution >= 0.6 is 12.4 Å². The molecule has 0 radical (unpaired) electrons. The van der Waals surface area contributed by atoms with Gasteiger partial charge in [-0.3, -0.25) is 4.79 Å². The smallest absolute Gasteiger partial charge is 0.224 e. The van der Waals surface area contributed by atoms with E-state index >= 15 is 0 Å². The molecular weight excluding hydrogens is 272 g/mol. The number of nitrogens with two attached hydrogens (primary N) is 1. The van der Waals surface area contributed by atoms with Crippen molar-refractivity contribution in [1.82, 2.24) is 5.32 Å². The first-order valence-corrected chi connectivity index (χ1v) is 7.18. The Morgan fingerprint density at radius 1 is 1.10 bits per heavy atom. The maximum absolute atomic E-state index is 12.1. The van der Waals surface area contributed by atoms with Gasteiger partial charge in [-0.05, 0) is 30.4 Å². The van der Waals surface area contributed by atoms with E-state index in [1.165, 1.54) is 5.56 Å². The number of rotatable bonds is 7. The SMILES string of the molecule is CCc1ccc(CC(=O)NC(CC)(CC)CN)cc1.Cl. The highest BCUT2D eigenvalue weighted by Crippen LogP contribution is 2.14. The third kappa shape index (κ3) is 5.14. The molecule has 0 fully saturated rings. The third-order valence-electron chi connectivity index (χ3n) is 3.94. The second kappa shape index (κ2) is 8.98. The zero-order valence-corrected chi connectivity index (χ0v) is 13.6. The van der Waals surface area contributed by atoms with Gasteiger partial charge in [-0.25, -0.2) is 0 Å². The molecule has 3 nitrogen and oxygen atoms in total. The summed E-state index contributed by atoms with van der Waals surface area (Å²) in [6, 6.07) is 8.22. The number of hydrogen-bond donors (Lipinski definition) is 2. The number of carbonyl (C=O) groups excluding carboxylic acids is 1. The van der Waals surface area contributed by atoms with Crippen LogP contribution in [0.3, 0.4) is 0 Å². The van der Waals surface area contributed by atoms with Crippen LogP contribution in [0.1, 0.15) is 44.7 Å². The Balaban J connectivity index is 0.00000361. The van der Waals surface area contributed by atoms with E-state index < -0.39 is 0 Å². The van der Waals surface area contributed by atoms with E-state index in [4.69, 9.17) is 5.73 Å². The minimum atomic E-state index is -0.250. The molecule has 1 rings (SSSR count). The number of nitrogens with one attached hydrogen (secondary N) is 1. The molecule has 114 valence electrons. The molecule has 20 heavy (non-hydrogen) atoms. The maximum Gasteiger partial charge on any atom is 0.224 e. The van der Waals surface area contributed by atoms with Gasteiger partial charge in [0, 0.05) is 6.54 Å². The Morgan fingerprint density at radius 2 is 1.60 bits per heavy atom. The first kappa shape index (κ1) is 18.9. The molecule has 0 bridgehead atoms. The standard InChI is InChI=1S/C16H26N2O.ClH/c1-4-13-7-9-14(10-8-13)11-15(19)18-16(5-2,6-3)12-17;/h7-10H,4-6,11-12,17H2,1-3H3,(H,18,19);1H. The molecule has 0 heterocycles. The first-order chi connectivity index (χ1) is 9.09. The summed E-state index contributed by atoms with van der Waals surface area (Å²) in [5, 5.41) is 3.09. The molecule has 0 aliphatic carbocycles. The molecule has 0 aliphatic heterocycles. The van der Waals surface area contributed by atoms with Crippen LogP contribution in [0, 0.1) is 0 Å². The van der Waals surface area contributed by atoms with E-state index in [0.29, 0.717) is 13.0 Å². The van der Waals surface area contributed by atoms with Gasteiger partial charge >= 0.3 is 0 Å². The van der Waals surface area contributed by atoms with E-state index in [2.05, 4.69) is 38.2 Å². The molecule has 0 aliphatic rings. The van der Waals surface area contributed by atoms with Crippen LogP contribution in [0.25, 0.3) is 0 Å². The number of halogens is 1. The molecule has 0 unspecified atom stereocenters. The number of hydrogen-bond acceptors (Lipinski definition) is 2. The fraction of sp³-hybridized carbons (Fsp3) is 0.562. The van der Waals surface area contributed by atoms with E-state index in [1.54, 1.807) is 0 Å². The largest absolute Gasteiger partial charge is 0.349 e. The summed E-state index contributed by atoms with van der Waals surface area (Å²) in [6.45, 7) is 6.74. The average molecular weight is 299 g/mol. The Morgan fingerprint density at radius 3 is 2.00 bits per heavy atom. The average Bonchev–Trinajstić information content (AvgIpc) is 2.46. The molecular formula is C16H27ClN2O. The lowest BCUT2D eigenvalue weighted by Gasteiger charge is -2.31. The van der Waals surface area contributed by atoms with Crippen LogP contribution in [0.2, 0.25) is 0 Å². The van der Waals surface area contributed by atoms with Crippen molar-refractivity contribution in [3.05, 3.63) is 35.4 Å². The van der Waals surface area contributed by atoms with Gasteiger partial charge in [0.25, 0.3) is 0 Å². The monoisotopic (exact) mass is 298 g/mol. The first-order valence-electron chi connectivity index (χ1n) is 7.18. The highest BCUT2D eigenvalue weighted by atomic mass is 35.5. The Hall–Kier alpha value is -1.06. The summed E-state index contributed by atoms with van der Waals surface area (Å²) in [5.41, 5.74) is 7.89. The highest BCUT2D eigenvalue weighted by molar-refractivity contribution is 5.85. The van der Waals surface area contributed by atoms with Crippen molar-refractivity contribution < 1.29 is 4.79 Å². The summed E-state index contributed by atoms with van der Waals surface area (Å²) < 4.78 is 0. The topological polar surface area (TPSA) is 55.1 Å². The summed E-state index contributed by atoms with van der Waals surface area (Å²) in [5.74, 6) is 0.0541. The quantitative estimate of drug-likeness (QED) is 0.813. The second-order valence-electron chi connectivity index (χ2n) is 5.09. The summed E-state index contributed by atoms with van der Waals surface area (Å²) in [7, 11) is 0. The molecule has 0 saturated heterocycles. The van der Waals surface area contributed by atoms with Crippen molar-refractivity contribution in [2.75, 3.05) is 6.54 Å². The lowest BCUT2D eigenvalue weighted by atomic mass is 9.92. The molecule has 0 saturated carbocycles. The van der Waals surface area contributed by atoms with Gasteiger partial charge in [-0.1, -0.05) is 45.0 Å². The van der Waals surface area contributed by atoms with Gasteiger partial charge in [-0.2, -0.15) is 0 Å². The summed E-state index contributed by atoms with van der Waals surface area (Å²) >= 11 is 0. The maximum atomic E-state index is 12.1. The van der Waals surface area contributed by atoms with Gasteiger partial charge < -0.3 is 11.1 Å². The molecule has 0 spiro atoms. The zero-order valence-electron chi connectivity index (χ0n) is 12.7. The predicted molar refractivity (Wildman–Crippen MR) is 87.3 cm³/mol. The second-order valence-corrected chi connectivity index (χ2v) is 5.09. The van der Waals surface area contributed by atoms with E-state index in [9.17, 15) is 4.79 Å². The molecule has 4 heteroatoms. The van der Waals surface area contributed by atoms with Crippen molar-refractivity contribution in [3.63, 3.8) is 0 Å². The van der Waals surface area contributed by atoms with Gasteiger partial charge in [0.15, 0.2) is 0 Å². The van der Waals surface area contributed by atoms with E-state index in [0.717, 1.165) is 24.8 Å². The molecule has 1 amide bonds. The lowest BCUT2D eigenvalue weighted by molar-refractivity contribution is -0.122. The third-order valence-corrected chi connectivity index (χ3v) is 3.94. The van der Waals surface area contributed by atoms with Crippen molar-refractivity contribution in [1.29, 1.82) is 0 Å². The number of benzene rings is 1. The number of amides is 1. The lowest BCUT2D eigenvalue weighted by Crippen LogP contribution is -2.53. The summed E-state index contributed by atoms with van der Waals surface area (Å²) in [6.07, 6.45) is 3.17. The van der Waals surface area contributed by atoms with Gasteiger partial charge in [-0.15, -0.1) is 12.4 Å². The minimum Gasteiger partial charge on any atom is -0.349 e. The molecule has 0 aromatic heterocycles. The number of carbonyl (C=O) groups is 1. The summed E-state index contributed by atoms with van der Waals surface area (Å²) in [4.78, 5) is 12.1. The van der Waals surface area contributed by atoms with Crippen molar-refractivity contribution in [3.8, 4) is 0 Å². The van der Waals surface area contributed by atoms with E-state index in [-0.39, 0.29) is 23.9 Å². The highest BCUT2D eigenvalue weighted by Gasteiger charge is 2.25. The van der Waals surface area contributed by atoms with Crippen LogP contribution < -0.4 is 11.1 Å². The van der Waals surface area contributed by atoms with Crippen molar-refractivity contribution in [2.24, 2.45) is 5.73 Å². The van der Waals surface area contributed by atoms with Crippen molar-refractivity contribution >= 4 is 18.3 Å². The van der Waals surface area contributed by atoms with Gasteiger partial charge in [0.05, 0.1) is 12.0 Å². The van der Waals surface area contributed by atoms with Gasteiger partial charge in [0.1, 0.15) is 0 Å². The fourth-order valence-electron chi connectivity index (χ4n) is 2.18.